The van der Waals surface area contributed by atoms with E-state index < -0.39 is 0 Å². The third kappa shape index (κ3) is 2.09. The van der Waals surface area contributed by atoms with Crippen LogP contribution in [0.15, 0.2) is 0 Å². The summed E-state index contributed by atoms with van der Waals surface area (Å²) in [5.41, 5.74) is 3.29. The van der Waals surface area contributed by atoms with Gasteiger partial charge >= 0.3 is 0 Å². The molecule has 1 aliphatic rings. The number of hydrogen-bond acceptors (Lipinski definition) is 5. The van der Waals surface area contributed by atoms with Crippen LogP contribution < -0.4 is 5.43 Å². The molecule has 0 saturated carbocycles. The van der Waals surface area contributed by atoms with Crippen LogP contribution in [0.2, 0.25) is 0 Å². The van der Waals surface area contributed by atoms with Gasteiger partial charge in [-0.3, -0.25) is 5.43 Å². The van der Waals surface area contributed by atoms with E-state index in [4.69, 9.17) is 0 Å². The number of nitrogens with one attached hydrogen (secondary N) is 1. The Morgan fingerprint density at radius 3 is 2.47 bits per heavy atom. The summed E-state index contributed by atoms with van der Waals surface area (Å²) in [6.45, 7) is 4.46. The van der Waals surface area contributed by atoms with Gasteiger partial charge in [-0.25, -0.2) is 9.69 Å². The summed E-state index contributed by atoms with van der Waals surface area (Å²) < 4.78 is 1.65. The van der Waals surface area contributed by atoms with Crippen LogP contribution in [0.25, 0.3) is 0 Å². The molecular formula is C9H18N6. The zero-order valence-electron chi connectivity index (χ0n) is 9.51. The molecule has 2 rings (SSSR count). The van der Waals surface area contributed by atoms with Crippen molar-refractivity contribution in [3.05, 3.63) is 0 Å². The molecule has 1 aromatic rings. The fourth-order valence-corrected chi connectivity index (χ4v) is 2.08. The van der Waals surface area contributed by atoms with Gasteiger partial charge in [-0.05, 0) is 37.1 Å². The topological polar surface area (TPSA) is 58.9 Å². The fraction of sp³-hybridized carbons (Fsp3) is 0.889. The number of tetrazole rings is 1. The van der Waals surface area contributed by atoms with Crippen molar-refractivity contribution in [1.82, 2.24) is 25.2 Å². The number of anilines is 1. The smallest absolute Gasteiger partial charge is 0.257 e. The number of piperidine rings is 1. The lowest BCUT2D eigenvalue weighted by Crippen LogP contribution is -2.47. The number of aryl methyl sites for hydroxylation is 1. The molecule has 2 heterocycles. The largest absolute Gasteiger partial charge is 0.285 e. The lowest BCUT2D eigenvalue weighted by atomic mass is 10.00. The second-order valence-electron chi connectivity index (χ2n) is 4.27. The van der Waals surface area contributed by atoms with Crippen LogP contribution in [0.4, 0.5) is 5.95 Å². The van der Waals surface area contributed by atoms with Crippen molar-refractivity contribution >= 4 is 5.95 Å². The molecule has 1 aliphatic heterocycles. The highest BCUT2D eigenvalue weighted by molar-refractivity contribution is 5.19. The van der Waals surface area contributed by atoms with Crippen LogP contribution in [-0.2, 0) is 7.05 Å². The maximum Gasteiger partial charge on any atom is 0.257 e. The zero-order chi connectivity index (χ0) is 10.8. The summed E-state index contributed by atoms with van der Waals surface area (Å²) in [5.74, 6) is 0.704. The molecule has 6 heteroatoms. The minimum Gasteiger partial charge on any atom is -0.285 e. The van der Waals surface area contributed by atoms with Gasteiger partial charge in [0, 0.05) is 19.1 Å². The quantitative estimate of drug-likeness (QED) is 0.782. The fourth-order valence-electron chi connectivity index (χ4n) is 2.08. The first-order valence-corrected chi connectivity index (χ1v) is 5.46. The first-order valence-electron chi connectivity index (χ1n) is 5.46. The summed E-state index contributed by atoms with van der Waals surface area (Å²) in [6.07, 6.45) is 3.75. The molecular weight excluding hydrogens is 192 g/mol. The minimum absolute atomic E-state index is 0.533. The maximum atomic E-state index is 3.93. The van der Waals surface area contributed by atoms with E-state index in [9.17, 15) is 0 Å². The molecule has 2 unspecified atom stereocenters. The lowest BCUT2D eigenvalue weighted by Gasteiger charge is -2.38. The number of aromatic nitrogens is 4. The minimum atomic E-state index is 0.533. The molecule has 0 bridgehead atoms. The van der Waals surface area contributed by atoms with Gasteiger partial charge in [-0.2, -0.15) is 0 Å². The summed E-state index contributed by atoms with van der Waals surface area (Å²) >= 11 is 0. The third-order valence-electron chi connectivity index (χ3n) is 3.04. The summed E-state index contributed by atoms with van der Waals surface area (Å²) in [4.78, 5) is 0. The van der Waals surface area contributed by atoms with Crippen molar-refractivity contribution in [2.75, 3.05) is 5.43 Å². The van der Waals surface area contributed by atoms with E-state index >= 15 is 0 Å². The SMILES string of the molecule is CC1CCCC(C)N1Nc1nnnn1C. The predicted molar refractivity (Wildman–Crippen MR) is 57.0 cm³/mol. The van der Waals surface area contributed by atoms with Crippen molar-refractivity contribution < 1.29 is 0 Å². The first-order chi connectivity index (χ1) is 7.18. The molecule has 84 valence electrons. The Hall–Kier alpha value is -1.17. The van der Waals surface area contributed by atoms with Gasteiger partial charge < -0.3 is 0 Å². The Morgan fingerprint density at radius 2 is 1.93 bits per heavy atom. The van der Waals surface area contributed by atoms with E-state index in [0.717, 1.165) is 0 Å². The van der Waals surface area contributed by atoms with Gasteiger partial charge in [0.25, 0.3) is 5.95 Å². The van der Waals surface area contributed by atoms with Crippen molar-refractivity contribution in [2.24, 2.45) is 7.05 Å². The van der Waals surface area contributed by atoms with E-state index in [1.165, 1.54) is 19.3 Å². The monoisotopic (exact) mass is 210 g/mol. The maximum absolute atomic E-state index is 3.93. The van der Waals surface area contributed by atoms with Gasteiger partial charge in [-0.15, -0.1) is 0 Å². The molecule has 2 atom stereocenters. The standard InChI is InChI=1S/C9H18N6/c1-7-5-4-6-8(2)15(7)11-9-10-12-13-14(9)3/h7-8H,4-6H2,1-3H3,(H,10,11,13). The number of hydrogen-bond donors (Lipinski definition) is 1. The van der Waals surface area contributed by atoms with E-state index in [1.807, 2.05) is 7.05 Å². The average molecular weight is 210 g/mol. The van der Waals surface area contributed by atoms with Crippen molar-refractivity contribution in [1.29, 1.82) is 0 Å². The number of rotatable bonds is 2. The molecule has 6 nitrogen and oxygen atoms in total. The number of nitrogens with zero attached hydrogens (tertiary/aromatic N) is 5. The third-order valence-corrected chi connectivity index (χ3v) is 3.04. The van der Waals surface area contributed by atoms with Crippen LogP contribution >= 0.6 is 0 Å². The van der Waals surface area contributed by atoms with Crippen LogP contribution in [0.3, 0.4) is 0 Å². The highest BCUT2D eigenvalue weighted by atomic mass is 15.6. The highest BCUT2D eigenvalue weighted by Crippen LogP contribution is 2.22. The first kappa shape index (κ1) is 10.4. The molecule has 1 fully saturated rings. The molecule has 0 amide bonds. The van der Waals surface area contributed by atoms with Gasteiger partial charge in [0.2, 0.25) is 0 Å². The van der Waals surface area contributed by atoms with E-state index in [2.05, 4.69) is 39.8 Å². The van der Waals surface area contributed by atoms with Crippen molar-refractivity contribution in [3.8, 4) is 0 Å². The Balaban J connectivity index is 2.06. The summed E-state index contributed by atoms with van der Waals surface area (Å²) in [7, 11) is 1.83. The molecule has 0 radical (unpaired) electrons. The molecule has 1 aromatic heterocycles. The Labute approximate surface area is 89.6 Å². The van der Waals surface area contributed by atoms with Gasteiger partial charge in [0.05, 0.1) is 0 Å². The molecule has 0 spiro atoms. The van der Waals surface area contributed by atoms with E-state index in [-0.39, 0.29) is 0 Å². The second kappa shape index (κ2) is 4.14. The highest BCUT2D eigenvalue weighted by Gasteiger charge is 2.25. The lowest BCUT2D eigenvalue weighted by molar-refractivity contribution is 0.133. The van der Waals surface area contributed by atoms with Crippen molar-refractivity contribution in [2.45, 2.75) is 45.2 Å². The number of hydrazine groups is 1. The molecule has 1 N–H and O–H groups in total. The second-order valence-corrected chi connectivity index (χ2v) is 4.27. The molecule has 0 aliphatic carbocycles. The summed E-state index contributed by atoms with van der Waals surface area (Å²) in [6, 6.07) is 1.07. The van der Waals surface area contributed by atoms with Crippen LogP contribution in [-0.4, -0.2) is 37.3 Å². The van der Waals surface area contributed by atoms with Gasteiger partial charge in [-0.1, -0.05) is 11.5 Å². The van der Waals surface area contributed by atoms with Crippen molar-refractivity contribution in [3.63, 3.8) is 0 Å². The normalized spacial score (nSPS) is 27.9. The van der Waals surface area contributed by atoms with Gasteiger partial charge in [0.1, 0.15) is 0 Å². The van der Waals surface area contributed by atoms with Crippen LogP contribution in [0, 0.1) is 0 Å². The summed E-state index contributed by atoms with van der Waals surface area (Å²) in [5, 5.41) is 13.6. The van der Waals surface area contributed by atoms with E-state index in [1.54, 1.807) is 4.68 Å². The van der Waals surface area contributed by atoms with Crippen LogP contribution in [0.5, 0.6) is 0 Å². The molecule has 1 saturated heterocycles. The Morgan fingerprint density at radius 1 is 1.27 bits per heavy atom. The Kier molecular flexibility index (Phi) is 2.86. The van der Waals surface area contributed by atoms with Gasteiger partial charge in [0.15, 0.2) is 0 Å². The Bertz CT molecular complexity index is 312. The molecule has 0 aromatic carbocycles. The average Bonchev–Trinajstić information content (AvgIpc) is 2.58. The predicted octanol–water partition coefficient (Wildman–Crippen LogP) is 0.800. The van der Waals surface area contributed by atoms with Crippen LogP contribution in [0.1, 0.15) is 33.1 Å². The molecule has 15 heavy (non-hydrogen) atoms. The van der Waals surface area contributed by atoms with E-state index in [0.29, 0.717) is 18.0 Å². The zero-order valence-corrected chi connectivity index (χ0v) is 9.51.